The molecule has 1 aliphatic rings. The van der Waals surface area contributed by atoms with Crippen LogP contribution in [0.3, 0.4) is 0 Å². The average Bonchev–Trinajstić information content (AvgIpc) is 2.72. The van der Waals surface area contributed by atoms with E-state index < -0.39 is 16.1 Å². The first kappa shape index (κ1) is 13.5. The Bertz CT molecular complexity index is 599. The molecule has 8 nitrogen and oxygen atoms in total. The van der Waals surface area contributed by atoms with E-state index in [4.69, 9.17) is 0 Å². The predicted molar refractivity (Wildman–Crippen MR) is 68.4 cm³/mol. The summed E-state index contributed by atoms with van der Waals surface area (Å²) in [6.45, 7) is 1.55. The lowest BCUT2D eigenvalue weighted by Gasteiger charge is -2.21. The first-order valence-electron chi connectivity index (χ1n) is 5.32. The molecule has 0 saturated heterocycles. The maximum atomic E-state index is 11.8. The van der Waals surface area contributed by atoms with Gasteiger partial charge in [0.2, 0.25) is 0 Å². The van der Waals surface area contributed by atoms with Gasteiger partial charge < -0.3 is 10.1 Å². The van der Waals surface area contributed by atoms with Gasteiger partial charge in [-0.2, -0.15) is 18.7 Å². The van der Waals surface area contributed by atoms with E-state index in [1.165, 1.54) is 12.1 Å². The van der Waals surface area contributed by atoms with Crippen LogP contribution >= 0.6 is 0 Å². The number of benzene rings is 1. The average molecular weight is 283 g/mol. The van der Waals surface area contributed by atoms with E-state index in [0.29, 0.717) is 0 Å². The number of hydroxylamine groups is 2. The van der Waals surface area contributed by atoms with Gasteiger partial charge in [0, 0.05) is 0 Å². The van der Waals surface area contributed by atoms with E-state index in [0.717, 1.165) is 6.21 Å². The Morgan fingerprint density at radius 3 is 2.74 bits per heavy atom. The second-order valence-electron chi connectivity index (χ2n) is 3.73. The first-order valence-corrected chi connectivity index (χ1v) is 6.80. The van der Waals surface area contributed by atoms with Gasteiger partial charge in [0.15, 0.2) is 0 Å². The summed E-state index contributed by atoms with van der Waals surface area (Å²) in [5, 5.41) is 18.2. The van der Waals surface area contributed by atoms with E-state index in [1.807, 2.05) is 4.83 Å². The minimum absolute atomic E-state index is 0.0928. The molecule has 1 aromatic carbocycles. The summed E-state index contributed by atoms with van der Waals surface area (Å²) in [6.07, 6.45) is 1.13. The van der Waals surface area contributed by atoms with Crippen molar-refractivity contribution < 1.29 is 13.4 Å². The molecule has 0 spiro atoms. The van der Waals surface area contributed by atoms with E-state index >= 15 is 0 Å². The third-order valence-electron chi connectivity index (χ3n) is 2.39. The molecule has 1 aliphatic heterocycles. The number of hydrogen-bond acceptors (Lipinski definition) is 7. The second-order valence-corrected chi connectivity index (χ2v) is 5.39. The van der Waals surface area contributed by atoms with Gasteiger partial charge in [-0.05, 0) is 19.1 Å². The van der Waals surface area contributed by atoms with Gasteiger partial charge in [-0.1, -0.05) is 23.4 Å². The number of nitrogens with one attached hydrogen (secondary N) is 1. The van der Waals surface area contributed by atoms with Crippen molar-refractivity contribution in [2.45, 2.75) is 17.9 Å². The fourth-order valence-electron chi connectivity index (χ4n) is 1.29. The molecule has 1 heterocycles. The molecule has 0 bridgehead atoms. The van der Waals surface area contributed by atoms with Crippen molar-refractivity contribution in [3.63, 3.8) is 0 Å². The lowest BCUT2D eigenvalue weighted by Crippen LogP contribution is -2.28. The zero-order valence-corrected chi connectivity index (χ0v) is 10.7. The minimum atomic E-state index is -3.72. The van der Waals surface area contributed by atoms with Crippen molar-refractivity contribution >= 4 is 21.9 Å². The summed E-state index contributed by atoms with van der Waals surface area (Å²) < 4.78 is 23.6. The van der Waals surface area contributed by atoms with Crippen LogP contribution in [-0.2, 0) is 15.0 Å². The van der Waals surface area contributed by atoms with E-state index in [1.54, 1.807) is 25.1 Å². The molecule has 9 heteroatoms. The summed E-state index contributed by atoms with van der Waals surface area (Å²) in [6, 6.07) is 7.16. The fraction of sp³-hybridized carbons (Fsp3) is 0.200. The van der Waals surface area contributed by atoms with Gasteiger partial charge >= 0.3 is 0 Å². The highest BCUT2D eigenvalue weighted by Crippen LogP contribution is 2.09. The Morgan fingerprint density at radius 1 is 1.47 bits per heavy atom. The molecular formula is C10H11N4O4S-. The van der Waals surface area contributed by atoms with E-state index in [2.05, 4.69) is 15.2 Å². The van der Waals surface area contributed by atoms with Crippen LogP contribution in [-0.4, -0.2) is 31.6 Å². The Kier molecular flexibility index (Phi) is 3.79. The van der Waals surface area contributed by atoms with Crippen LogP contribution in [0.5, 0.6) is 0 Å². The number of sulfonamides is 1. The number of nitrogens with zero attached hydrogens (tertiary/aromatic N) is 3. The van der Waals surface area contributed by atoms with Crippen LogP contribution in [0.25, 0.3) is 0 Å². The van der Waals surface area contributed by atoms with Crippen LogP contribution < -0.4 is 4.83 Å². The van der Waals surface area contributed by atoms with E-state index in [9.17, 15) is 13.6 Å². The van der Waals surface area contributed by atoms with Crippen LogP contribution in [0, 0.1) is 5.21 Å². The topological polar surface area (TPSA) is 106 Å². The molecule has 0 saturated carbocycles. The maximum Gasteiger partial charge on any atom is 0.276 e. The van der Waals surface area contributed by atoms with Gasteiger partial charge in [0.25, 0.3) is 10.0 Å². The zero-order valence-electron chi connectivity index (χ0n) is 9.92. The number of hydrazone groups is 1. The molecule has 0 aliphatic carbocycles. The van der Waals surface area contributed by atoms with Crippen molar-refractivity contribution in [3.05, 3.63) is 35.5 Å². The molecular weight excluding hydrogens is 272 g/mol. The van der Waals surface area contributed by atoms with Crippen molar-refractivity contribution in [1.82, 2.24) is 10.1 Å². The standard InChI is InChI=1S/C10H11N4O4S/c1-8-10(12-18-14(8)15)7-11-13-19(16,17)9-5-3-2-4-6-9/h2-8,13H,1H3/q-1/b11-7+. The summed E-state index contributed by atoms with van der Waals surface area (Å²) in [7, 11) is -3.72. The molecule has 19 heavy (non-hydrogen) atoms. The summed E-state index contributed by atoms with van der Waals surface area (Å²) in [5.74, 6) is 0. The highest BCUT2D eigenvalue weighted by Gasteiger charge is 2.19. The fourth-order valence-corrected chi connectivity index (χ4v) is 2.10. The van der Waals surface area contributed by atoms with Crippen LogP contribution in [0.2, 0.25) is 0 Å². The van der Waals surface area contributed by atoms with Crippen molar-refractivity contribution in [1.29, 1.82) is 0 Å². The quantitative estimate of drug-likeness (QED) is 0.637. The molecule has 0 radical (unpaired) electrons. The van der Waals surface area contributed by atoms with Crippen molar-refractivity contribution in [3.8, 4) is 0 Å². The number of oxime groups is 1. The predicted octanol–water partition coefficient (Wildman–Crippen LogP) is 0.440. The van der Waals surface area contributed by atoms with Gasteiger partial charge in [0.1, 0.15) is 5.71 Å². The summed E-state index contributed by atoms with van der Waals surface area (Å²) in [5.41, 5.74) is 0.228. The molecule has 1 atom stereocenters. The van der Waals surface area contributed by atoms with Crippen LogP contribution in [0.4, 0.5) is 0 Å². The Labute approximate surface area is 109 Å². The molecule has 1 unspecified atom stereocenters. The highest BCUT2D eigenvalue weighted by atomic mass is 32.2. The Morgan fingerprint density at radius 2 is 2.16 bits per heavy atom. The lowest BCUT2D eigenvalue weighted by molar-refractivity contribution is -0.108. The third kappa shape index (κ3) is 3.08. The highest BCUT2D eigenvalue weighted by molar-refractivity contribution is 7.89. The van der Waals surface area contributed by atoms with Crippen molar-refractivity contribution in [2.24, 2.45) is 10.3 Å². The number of rotatable bonds is 4. The first-order chi connectivity index (χ1) is 9.00. The van der Waals surface area contributed by atoms with Gasteiger partial charge in [0.05, 0.1) is 17.2 Å². The molecule has 2 rings (SSSR count). The Balaban J connectivity index is 2.03. The molecule has 102 valence electrons. The van der Waals surface area contributed by atoms with Gasteiger partial charge in [-0.3, -0.25) is 0 Å². The molecule has 0 fully saturated rings. The zero-order chi connectivity index (χ0) is 13.9. The second kappa shape index (κ2) is 5.34. The monoisotopic (exact) mass is 283 g/mol. The summed E-state index contributed by atoms with van der Waals surface area (Å²) >= 11 is 0. The summed E-state index contributed by atoms with van der Waals surface area (Å²) in [4.78, 5) is 6.46. The van der Waals surface area contributed by atoms with Crippen LogP contribution in [0.1, 0.15) is 6.92 Å². The SMILES string of the molecule is CC1C(/C=N/NS(=O)(=O)c2ccccc2)=NON1[O-]. The smallest absolute Gasteiger partial charge is 0.276 e. The molecule has 0 aromatic heterocycles. The van der Waals surface area contributed by atoms with Crippen LogP contribution in [0.15, 0.2) is 45.5 Å². The largest absolute Gasteiger partial charge is 0.750 e. The van der Waals surface area contributed by atoms with E-state index in [-0.39, 0.29) is 15.8 Å². The Hall–Kier alpha value is -1.97. The normalized spacial score (nSPS) is 20.3. The molecule has 1 aromatic rings. The lowest BCUT2D eigenvalue weighted by atomic mass is 10.2. The van der Waals surface area contributed by atoms with Gasteiger partial charge in [-0.25, -0.2) is 4.83 Å². The third-order valence-corrected chi connectivity index (χ3v) is 3.63. The maximum absolute atomic E-state index is 11.8. The van der Waals surface area contributed by atoms with Gasteiger partial charge in [-0.15, -0.1) is 0 Å². The molecule has 0 amide bonds. The molecule has 1 N–H and O–H groups in total. The number of hydrogen-bond donors (Lipinski definition) is 1. The van der Waals surface area contributed by atoms with Crippen molar-refractivity contribution in [2.75, 3.05) is 0 Å². The minimum Gasteiger partial charge on any atom is -0.750 e.